The van der Waals surface area contributed by atoms with Crippen molar-refractivity contribution in [3.8, 4) is 17.7 Å². The van der Waals surface area contributed by atoms with Crippen LogP contribution in [0.4, 0.5) is 14.5 Å². The Labute approximate surface area is 338 Å². The molecule has 16 nitrogen and oxygen atoms in total. The van der Waals surface area contributed by atoms with Gasteiger partial charge in [-0.1, -0.05) is 17.9 Å². The highest BCUT2D eigenvalue weighted by atomic mass is 19.3. The van der Waals surface area contributed by atoms with Gasteiger partial charge in [0, 0.05) is 64.7 Å². The van der Waals surface area contributed by atoms with Crippen LogP contribution in [0.1, 0.15) is 92.5 Å². The van der Waals surface area contributed by atoms with Gasteiger partial charge in [-0.25, -0.2) is 18.1 Å². The third-order valence-corrected chi connectivity index (χ3v) is 11.5. The molecular formula is C41H47F2N11O5. The third kappa shape index (κ3) is 8.35. The molecule has 310 valence electrons. The minimum atomic E-state index is -2.87. The lowest BCUT2D eigenvalue weighted by molar-refractivity contribution is -0.135. The monoisotopic (exact) mass is 811 g/mol. The van der Waals surface area contributed by atoms with Crippen LogP contribution in [-0.4, -0.2) is 106 Å². The van der Waals surface area contributed by atoms with Crippen LogP contribution in [0.5, 0.6) is 5.88 Å². The van der Waals surface area contributed by atoms with Crippen molar-refractivity contribution in [1.82, 2.24) is 48.6 Å². The number of anilines is 1. The van der Waals surface area contributed by atoms with Gasteiger partial charge in [0.25, 0.3) is 12.3 Å². The predicted octanol–water partition coefficient (Wildman–Crippen LogP) is 3.93. The Balaban J connectivity index is 0.830. The second kappa shape index (κ2) is 16.7. The van der Waals surface area contributed by atoms with Gasteiger partial charge in [0.2, 0.25) is 17.7 Å². The van der Waals surface area contributed by atoms with E-state index in [9.17, 15) is 28.0 Å². The van der Waals surface area contributed by atoms with Crippen molar-refractivity contribution in [2.24, 2.45) is 13.0 Å². The van der Waals surface area contributed by atoms with Crippen molar-refractivity contribution >= 4 is 40.1 Å². The SMILES string of the molecule is CC(C)Oc1ccn2ncc(C(=O)Nc3cn(C4CCC(CN5CCN(CC#Cc6cccc7c6n(C)c(=O)n7C6CCC(=O)NC6=O)CC5)CC4)nc3C(F)F)c2n1. The van der Waals surface area contributed by atoms with Gasteiger partial charge in [0.15, 0.2) is 11.3 Å². The quantitative estimate of drug-likeness (QED) is 0.156. The molecule has 8 rings (SSSR count). The Bertz CT molecular complexity index is 2510. The molecule has 1 aliphatic carbocycles. The Morgan fingerprint density at radius 2 is 1.80 bits per heavy atom. The highest BCUT2D eigenvalue weighted by Gasteiger charge is 2.32. The van der Waals surface area contributed by atoms with Crippen LogP contribution in [-0.2, 0) is 16.6 Å². The summed E-state index contributed by atoms with van der Waals surface area (Å²) >= 11 is 0. The summed E-state index contributed by atoms with van der Waals surface area (Å²) < 4.78 is 40.0. The smallest absolute Gasteiger partial charge is 0.329 e. The van der Waals surface area contributed by atoms with E-state index in [0.717, 1.165) is 58.4 Å². The van der Waals surface area contributed by atoms with Crippen LogP contribution in [0.2, 0.25) is 0 Å². The first-order chi connectivity index (χ1) is 28.4. The van der Waals surface area contributed by atoms with Gasteiger partial charge in [-0.3, -0.25) is 38.4 Å². The van der Waals surface area contributed by atoms with E-state index in [4.69, 9.17) is 4.74 Å². The zero-order valence-electron chi connectivity index (χ0n) is 33.2. The van der Waals surface area contributed by atoms with Crippen molar-refractivity contribution in [1.29, 1.82) is 0 Å². The highest BCUT2D eigenvalue weighted by molar-refractivity contribution is 6.08. The van der Waals surface area contributed by atoms with Gasteiger partial charge < -0.3 is 15.0 Å². The summed E-state index contributed by atoms with van der Waals surface area (Å²) in [5.41, 5.74) is 1.54. The molecule has 1 saturated carbocycles. The van der Waals surface area contributed by atoms with Crippen LogP contribution in [0.15, 0.2) is 47.7 Å². The fourth-order valence-electron chi connectivity index (χ4n) is 8.46. The predicted molar refractivity (Wildman–Crippen MR) is 213 cm³/mol. The summed E-state index contributed by atoms with van der Waals surface area (Å²) in [5.74, 6) is 5.95. The Hall–Kier alpha value is -5.93. The number of piperazine rings is 1. The molecule has 3 fully saturated rings. The van der Waals surface area contributed by atoms with Gasteiger partial charge in [-0.05, 0) is 64.0 Å². The van der Waals surface area contributed by atoms with Crippen LogP contribution < -0.4 is 21.1 Å². The number of carbonyl (C=O) groups is 3. The molecule has 1 atom stereocenters. The minimum Gasteiger partial charge on any atom is -0.475 e. The topological polar surface area (TPSA) is 166 Å². The van der Waals surface area contributed by atoms with Gasteiger partial charge in [0.05, 0.1) is 47.2 Å². The number of para-hydroxylation sites is 1. The molecule has 4 aromatic heterocycles. The molecule has 2 aliphatic heterocycles. The lowest BCUT2D eigenvalue weighted by Crippen LogP contribution is -2.48. The molecule has 1 aromatic carbocycles. The summed E-state index contributed by atoms with van der Waals surface area (Å²) in [6.07, 6.45) is 5.41. The van der Waals surface area contributed by atoms with E-state index in [0.29, 0.717) is 34.9 Å². The van der Waals surface area contributed by atoms with Crippen LogP contribution in [0.3, 0.4) is 0 Å². The van der Waals surface area contributed by atoms with Crippen LogP contribution in [0, 0.1) is 17.8 Å². The molecule has 1 unspecified atom stereocenters. The Morgan fingerprint density at radius 1 is 1.03 bits per heavy atom. The van der Waals surface area contributed by atoms with Crippen LogP contribution >= 0.6 is 0 Å². The van der Waals surface area contributed by atoms with E-state index < -0.39 is 30.0 Å². The molecule has 5 aromatic rings. The van der Waals surface area contributed by atoms with E-state index in [1.54, 1.807) is 30.1 Å². The van der Waals surface area contributed by atoms with Crippen molar-refractivity contribution in [2.45, 2.75) is 77.0 Å². The van der Waals surface area contributed by atoms with E-state index in [1.165, 1.54) is 26.0 Å². The number of amides is 3. The number of hydrogen-bond acceptors (Lipinski definition) is 10. The average Bonchev–Trinajstić information content (AvgIpc) is 3.90. The van der Waals surface area contributed by atoms with Gasteiger partial charge in [-0.2, -0.15) is 15.2 Å². The Kier molecular flexibility index (Phi) is 11.3. The zero-order valence-corrected chi connectivity index (χ0v) is 33.2. The molecule has 0 spiro atoms. The number of hydrogen-bond donors (Lipinski definition) is 2. The fraction of sp³-hybridized carbons (Fsp3) is 0.488. The minimum absolute atomic E-state index is 0.0323. The summed E-state index contributed by atoms with van der Waals surface area (Å²) in [7, 11) is 1.67. The molecule has 18 heteroatoms. The second-order valence-electron chi connectivity index (χ2n) is 15.8. The number of benzene rings is 1. The number of alkyl halides is 2. The standard InChI is InChI=1S/C41H47F2N11O5/c1-25(2)59-34-15-17-52-38(47-34)29(22-44-52)39(56)45-30-24-53(48-35(30)37(42)43)28-11-9-26(10-12-28)23-51-20-18-50(19-21-51)16-5-7-27-6-4-8-31-36(27)49(3)41(58)54(31)32-13-14-33(55)46-40(32)57/h4,6,8,15,17,22,24-26,28,32,37H,9-14,16,18-21,23H2,1-3H3,(H,45,56)(H,46,55,57). The van der Waals surface area contributed by atoms with Crippen molar-refractivity contribution in [3.63, 3.8) is 0 Å². The van der Waals surface area contributed by atoms with Crippen molar-refractivity contribution in [2.75, 3.05) is 44.6 Å². The number of imide groups is 1. The molecule has 3 amide bonds. The van der Waals surface area contributed by atoms with E-state index in [-0.39, 0.29) is 53.5 Å². The normalized spacial score (nSPS) is 20.6. The number of aryl methyl sites for hydroxylation is 1. The van der Waals surface area contributed by atoms with E-state index >= 15 is 0 Å². The third-order valence-electron chi connectivity index (χ3n) is 11.5. The molecule has 3 aliphatic rings. The number of nitrogens with one attached hydrogen (secondary N) is 2. The van der Waals surface area contributed by atoms with E-state index in [2.05, 4.69) is 47.5 Å². The fourth-order valence-corrected chi connectivity index (χ4v) is 8.46. The summed E-state index contributed by atoms with van der Waals surface area (Å²) in [5, 5.41) is 13.4. The second-order valence-corrected chi connectivity index (χ2v) is 15.8. The van der Waals surface area contributed by atoms with Crippen LogP contribution in [0.25, 0.3) is 16.7 Å². The lowest BCUT2D eigenvalue weighted by Gasteiger charge is -2.37. The largest absolute Gasteiger partial charge is 0.475 e. The Morgan fingerprint density at radius 3 is 2.53 bits per heavy atom. The zero-order chi connectivity index (χ0) is 41.4. The summed E-state index contributed by atoms with van der Waals surface area (Å²) in [6.45, 7) is 8.83. The number of imidazole rings is 1. The first-order valence-corrected chi connectivity index (χ1v) is 20.1. The first kappa shape index (κ1) is 39.9. The van der Waals surface area contributed by atoms with E-state index in [1.807, 2.05) is 26.0 Å². The maximum Gasteiger partial charge on any atom is 0.329 e. The number of carbonyl (C=O) groups excluding carboxylic acids is 3. The number of piperidine rings is 1. The number of rotatable bonds is 10. The number of halogens is 2. The maximum absolute atomic E-state index is 14.2. The molecule has 0 bridgehead atoms. The average molecular weight is 812 g/mol. The highest BCUT2D eigenvalue weighted by Crippen LogP contribution is 2.35. The lowest BCUT2D eigenvalue weighted by atomic mass is 9.85. The number of nitrogens with zero attached hydrogens (tertiary/aromatic N) is 9. The van der Waals surface area contributed by atoms with Gasteiger partial charge in [-0.15, -0.1) is 0 Å². The molecule has 2 saturated heterocycles. The number of fused-ring (bicyclic) bond motifs is 2. The molecule has 59 heavy (non-hydrogen) atoms. The molecule has 6 heterocycles. The van der Waals surface area contributed by atoms with Gasteiger partial charge >= 0.3 is 5.69 Å². The summed E-state index contributed by atoms with van der Waals surface area (Å²) in [6, 6.07) is 6.34. The number of ether oxygens (including phenoxy) is 1. The summed E-state index contributed by atoms with van der Waals surface area (Å²) in [4.78, 5) is 60.0. The van der Waals surface area contributed by atoms with Crippen molar-refractivity contribution < 1.29 is 27.9 Å². The molecular weight excluding hydrogens is 765 g/mol. The van der Waals surface area contributed by atoms with Crippen molar-refractivity contribution in [3.05, 3.63) is 70.2 Å². The number of aromatic nitrogens is 7. The van der Waals surface area contributed by atoms with Gasteiger partial charge in [0.1, 0.15) is 11.6 Å². The maximum atomic E-state index is 14.2. The first-order valence-electron chi connectivity index (χ1n) is 20.1. The molecule has 0 radical (unpaired) electrons. The molecule has 2 N–H and O–H groups in total.